The number of anilines is 2. The van der Waals surface area contributed by atoms with Gasteiger partial charge in [-0.2, -0.15) is 4.98 Å². The molecule has 0 aliphatic heterocycles. The molecule has 0 aliphatic rings. The average molecular weight is 427 g/mol. The Morgan fingerprint density at radius 3 is 2.53 bits per heavy atom. The molecule has 0 unspecified atom stereocenters. The first kappa shape index (κ1) is 21.5. The van der Waals surface area contributed by atoms with E-state index in [2.05, 4.69) is 27.4 Å². The van der Waals surface area contributed by atoms with Crippen LogP contribution in [0.2, 0.25) is 0 Å². The normalized spacial score (nSPS) is 11.8. The van der Waals surface area contributed by atoms with Crippen LogP contribution < -0.4 is 10.2 Å². The van der Waals surface area contributed by atoms with Crippen LogP contribution in [0.1, 0.15) is 28.9 Å². The average Bonchev–Trinajstić information content (AvgIpc) is 2.84. The molecule has 0 saturated heterocycles. The molecule has 4 rings (SSSR count). The van der Waals surface area contributed by atoms with Gasteiger partial charge in [-0.3, -0.25) is 9.69 Å². The topological polar surface area (TPSA) is 67.3 Å². The van der Waals surface area contributed by atoms with Gasteiger partial charge < -0.3 is 10.1 Å². The van der Waals surface area contributed by atoms with Crippen LogP contribution in [0.4, 0.5) is 11.8 Å². The zero-order valence-electron chi connectivity index (χ0n) is 18.2. The highest BCUT2D eigenvalue weighted by molar-refractivity contribution is 6.07. The number of rotatable bonds is 8. The Morgan fingerprint density at radius 2 is 1.75 bits per heavy atom. The van der Waals surface area contributed by atoms with Crippen molar-refractivity contribution >= 4 is 28.4 Å². The third kappa shape index (κ3) is 4.92. The number of fused-ring (bicyclic) bond motifs is 1. The van der Waals surface area contributed by atoms with Gasteiger partial charge in [-0.05, 0) is 41.5 Å². The molecular formula is C26H26N4O2. The number of nitrogens with zero attached hydrogens (tertiary/aromatic N) is 3. The fourth-order valence-electron chi connectivity index (χ4n) is 3.57. The molecule has 0 saturated carbocycles. The van der Waals surface area contributed by atoms with E-state index in [0.29, 0.717) is 30.5 Å². The maximum atomic E-state index is 13.4. The molecular weight excluding hydrogens is 400 g/mol. The number of hydrogen-bond donors (Lipinski definition) is 1. The zero-order valence-corrected chi connectivity index (χ0v) is 18.2. The lowest BCUT2D eigenvalue weighted by atomic mass is 10.1. The molecule has 1 atom stereocenters. The highest BCUT2D eigenvalue weighted by Gasteiger charge is 2.20. The van der Waals surface area contributed by atoms with Crippen LogP contribution in [0.15, 0.2) is 85.1 Å². The van der Waals surface area contributed by atoms with Crippen LogP contribution in [-0.4, -0.2) is 36.1 Å². The fraction of sp³-hybridized carbons (Fsp3) is 0.192. The van der Waals surface area contributed by atoms with Gasteiger partial charge in [0, 0.05) is 18.9 Å². The number of aromatic nitrogens is 2. The third-order valence-corrected chi connectivity index (χ3v) is 5.32. The smallest absolute Gasteiger partial charge is 0.259 e. The number of benzene rings is 3. The second-order valence-electron chi connectivity index (χ2n) is 7.53. The first-order valence-corrected chi connectivity index (χ1v) is 10.6. The molecule has 6 nitrogen and oxygen atoms in total. The molecule has 1 aromatic heterocycles. The lowest BCUT2D eigenvalue weighted by molar-refractivity contribution is 0.0975. The van der Waals surface area contributed by atoms with Crippen molar-refractivity contribution in [3.05, 3.63) is 96.2 Å². The van der Waals surface area contributed by atoms with E-state index in [0.717, 1.165) is 16.3 Å². The number of hydrogen-bond acceptors (Lipinski definition) is 5. The van der Waals surface area contributed by atoms with Gasteiger partial charge in [-0.15, -0.1) is 0 Å². The van der Waals surface area contributed by atoms with Gasteiger partial charge in [0.2, 0.25) is 5.95 Å². The maximum Gasteiger partial charge on any atom is 0.259 e. The third-order valence-electron chi connectivity index (χ3n) is 5.32. The minimum absolute atomic E-state index is 0.0232. The SMILES string of the molecule is COCCN(C(=O)c1ccc2ccccc2c1)c1ccnc(N[C@@H](C)c2ccccc2)n1. The first-order chi connectivity index (χ1) is 15.7. The van der Waals surface area contributed by atoms with Crippen molar-refractivity contribution in [3.63, 3.8) is 0 Å². The zero-order chi connectivity index (χ0) is 22.3. The summed E-state index contributed by atoms with van der Waals surface area (Å²) in [6.07, 6.45) is 1.66. The van der Waals surface area contributed by atoms with Crippen LogP contribution in [0, 0.1) is 0 Å². The van der Waals surface area contributed by atoms with Crippen molar-refractivity contribution in [1.82, 2.24) is 9.97 Å². The molecule has 1 amide bonds. The molecule has 32 heavy (non-hydrogen) atoms. The summed E-state index contributed by atoms with van der Waals surface area (Å²) in [6, 6.07) is 25.6. The Bertz CT molecular complexity index is 1200. The van der Waals surface area contributed by atoms with Gasteiger partial charge in [0.1, 0.15) is 5.82 Å². The van der Waals surface area contributed by atoms with Gasteiger partial charge in [-0.25, -0.2) is 4.98 Å². The number of methoxy groups -OCH3 is 1. The van der Waals surface area contributed by atoms with E-state index in [1.165, 1.54) is 0 Å². The molecule has 0 aliphatic carbocycles. The highest BCUT2D eigenvalue weighted by atomic mass is 16.5. The predicted molar refractivity (Wildman–Crippen MR) is 128 cm³/mol. The lowest BCUT2D eigenvalue weighted by Gasteiger charge is -2.23. The van der Waals surface area contributed by atoms with E-state index in [-0.39, 0.29) is 11.9 Å². The van der Waals surface area contributed by atoms with Gasteiger partial charge in [0.15, 0.2) is 0 Å². The van der Waals surface area contributed by atoms with E-state index in [1.54, 1.807) is 24.3 Å². The molecule has 1 heterocycles. The number of amides is 1. The molecule has 3 aromatic carbocycles. The molecule has 1 N–H and O–H groups in total. The highest BCUT2D eigenvalue weighted by Crippen LogP contribution is 2.22. The molecule has 4 aromatic rings. The van der Waals surface area contributed by atoms with E-state index in [1.807, 2.05) is 67.6 Å². The Morgan fingerprint density at radius 1 is 1.00 bits per heavy atom. The monoisotopic (exact) mass is 426 g/mol. The minimum Gasteiger partial charge on any atom is -0.383 e. The van der Waals surface area contributed by atoms with Gasteiger partial charge in [0.05, 0.1) is 19.2 Å². The van der Waals surface area contributed by atoms with E-state index in [9.17, 15) is 4.79 Å². The molecule has 0 radical (unpaired) electrons. The van der Waals surface area contributed by atoms with Crippen LogP contribution in [0.5, 0.6) is 0 Å². The summed E-state index contributed by atoms with van der Waals surface area (Å²) < 4.78 is 5.25. The summed E-state index contributed by atoms with van der Waals surface area (Å²) >= 11 is 0. The maximum absolute atomic E-state index is 13.4. The summed E-state index contributed by atoms with van der Waals surface area (Å²) in [5.74, 6) is 0.860. The van der Waals surface area contributed by atoms with Gasteiger partial charge in [-0.1, -0.05) is 60.7 Å². The molecule has 162 valence electrons. The Kier molecular flexibility index (Phi) is 6.72. The Hall–Kier alpha value is -3.77. The van der Waals surface area contributed by atoms with Gasteiger partial charge in [0.25, 0.3) is 5.91 Å². The van der Waals surface area contributed by atoms with E-state index < -0.39 is 0 Å². The standard InChI is InChI=1S/C26H26N4O2/c1-19(20-8-4-3-5-9-20)28-26-27-15-14-24(29-26)30(16-17-32-2)25(31)23-13-12-21-10-6-7-11-22(21)18-23/h3-15,18-19H,16-17H2,1-2H3,(H,27,28,29)/t19-/m0/s1. The van der Waals surface area contributed by atoms with Crippen molar-refractivity contribution < 1.29 is 9.53 Å². The lowest BCUT2D eigenvalue weighted by Crippen LogP contribution is -2.34. The molecule has 0 fully saturated rings. The first-order valence-electron chi connectivity index (χ1n) is 10.6. The second-order valence-corrected chi connectivity index (χ2v) is 7.53. The Labute approximate surface area is 187 Å². The van der Waals surface area contributed by atoms with Crippen molar-refractivity contribution in [1.29, 1.82) is 0 Å². The number of ether oxygens (including phenoxy) is 1. The molecule has 6 heteroatoms. The summed E-state index contributed by atoms with van der Waals surface area (Å²) in [6.45, 7) is 2.83. The van der Waals surface area contributed by atoms with E-state index >= 15 is 0 Å². The summed E-state index contributed by atoms with van der Waals surface area (Å²) in [5.41, 5.74) is 1.73. The number of carbonyl (C=O) groups excluding carboxylic acids is 1. The summed E-state index contributed by atoms with van der Waals surface area (Å²) in [7, 11) is 1.62. The quantitative estimate of drug-likeness (QED) is 0.425. The van der Waals surface area contributed by atoms with Crippen LogP contribution >= 0.6 is 0 Å². The van der Waals surface area contributed by atoms with Crippen LogP contribution in [0.25, 0.3) is 10.8 Å². The summed E-state index contributed by atoms with van der Waals surface area (Å²) in [5, 5.41) is 5.43. The van der Waals surface area contributed by atoms with Crippen molar-refractivity contribution in [3.8, 4) is 0 Å². The van der Waals surface area contributed by atoms with E-state index in [4.69, 9.17) is 4.74 Å². The molecule has 0 bridgehead atoms. The fourth-order valence-corrected chi connectivity index (χ4v) is 3.57. The number of nitrogens with one attached hydrogen (secondary N) is 1. The minimum atomic E-state index is -0.131. The van der Waals surface area contributed by atoms with Crippen LogP contribution in [-0.2, 0) is 4.74 Å². The van der Waals surface area contributed by atoms with Crippen molar-refractivity contribution in [2.24, 2.45) is 0 Å². The van der Waals surface area contributed by atoms with Crippen LogP contribution in [0.3, 0.4) is 0 Å². The molecule has 0 spiro atoms. The van der Waals surface area contributed by atoms with Crippen molar-refractivity contribution in [2.75, 3.05) is 30.5 Å². The van der Waals surface area contributed by atoms with Crippen molar-refractivity contribution in [2.45, 2.75) is 13.0 Å². The summed E-state index contributed by atoms with van der Waals surface area (Å²) in [4.78, 5) is 24.0. The second kappa shape index (κ2) is 10.0. The predicted octanol–water partition coefficient (Wildman–Crippen LogP) is 5.10. The Balaban J connectivity index is 1.60. The van der Waals surface area contributed by atoms with Gasteiger partial charge >= 0.3 is 0 Å². The number of carbonyl (C=O) groups is 1. The largest absolute Gasteiger partial charge is 0.383 e.